The molecule has 0 spiro atoms. The molecule has 6 nitrogen and oxygen atoms in total. The van der Waals surface area contributed by atoms with Gasteiger partial charge >= 0.3 is 11.8 Å². The highest BCUT2D eigenvalue weighted by molar-refractivity contribution is 6.39. The van der Waals surface area contributed by atoms with Crippen molar-refractivity contribution in [2.75, 3.05) is 12.4 Å². The Hall–Kier alpha value is -3.02. The zero-order valence-electron chi connectivity index (χ0n) is 14.8. The van der Waals surface area contributed by atoms with Crippen LogP contribution in [0, 0.1) is 0 Å². The molecule has 6 heteroatoms. The summed E-state index contributed by atoms with van der Waals surface area (Å²) in [5.41, 5.74) is 3.61. The van der Waals surface area contributed by atoms with Gasteiger partial charge in [-0.15, -0.1) is 0 Å². The highest BCUT2D eigenvalue weighted by atomic mass is 16.5. The van der Waals surface area contributed by atoms with Crippen LogP contribution in [0.1, 0.15) is 36.1 Å². The van der Waals surface area contributed by atoms with E-state index in [1.165, 1.54) is 24.3 Å². The monoisotopic (exact) mass is 354 g/mol. The van der Waals surface area contributed by atoms with Crippen molar-refractivity contribution in [1.29, 1.82) is 0 Å². The van der Waals surface area contributed by atoms with Crippen LogP contribution in [0.5, 0.6) is 11.5 Å². The van der Waals surface area contributed by atoms with E-state index in [0.29, 0.717) is 17.0 Å². The van der Waals surface area contributed by atoms with E-state index in [1.54, 1.807) is 19.1 Å². The summed E-state index contributed by atoms with van der Waals surface area (Å²) >= 11 is 0. The average Bonchev–Trinajstić information content (AvgIpc) is 3.09. The lowest BCUT2D eigenvalue weighted by Gasteiger charge is -2.16. The fourth-order valence-corrected chi connectivity index (χ4v) is 3.18. The number of phenols is 1. The number of carbonyl (C=O) groups excluding carboxylic acids is 2. The molecular formula is C20H22N2O4. The Morgan fingerprint density at radius 3 is 2.62 bits per heavy atom. The first-order valence-electron chi connectivity index (χ1n) is 8.58. The first-order chi connectivity index (χ1) is 12.5. The smallest absolute Gasteiger partial charge is 0.313 e. The second-order valence-corrected chi connectivity index (χ2v) is 6.41. The lowest BCUT2D eigenvalue weighted by atomic mass is 10.1. The number of rotatable bonds is 4. The fraction of sp³-hybridized carbons (Fsp3) is 0.300. The van der Waals surface area contributed by atoms with Crippen molar-refractivity contribution in [2.45, 2.75) is 32.2 Å². The van der Waals surface area contributed by atoms with Crippen LogP contribution in [0.3, 0.4) is 0 Å². The number of ether oxygens (including phenoxy) is 1. The third-order valence-electron chi connectivity index (χ3n) is 4.61. The van der Waals surface area contributed by atoms with Crippen molar-refractivity contribution in [3.05, 3.63) is 53.1 Å². The first kappa shape index (κ1) is 17.8. The molecule has 2 aromatic carbocycles. The largest absolute Gasteiger partial charge is 0.508 e. The minimum atomic E-state index is -0.764. The minimum Gasteiger partial charge on any atom is -0.508 e. The second-order valence-electron chi connectivity index (χ2n) is 6.41. The highest BCUT2D eigenvalue weighted by Gasteiger charge is 2.20. The summed E-state index contributed by atoms with van der Waals surface area (Å²) in [4.78, 5) is 24.4. The number of hydrogen-bond acceptors (Lipinski definition) is 4. The number of fused-ring (bicyclic) bond motifs is 1. The van der Waals surface area contributed by atoms with E-state index in [9.17, 15) is 14.7 Å². The Labute approximate surface area is 152 Å². The average molecular weight is 354 g/mol. The number of nitrogens with one attached hydrogen (secondary N) is 2. The minimum absolute atomic E-state index is 0.0256. The highest BCUT2D eigenvalue weighted by Crippen LogP contribution is 2.28. The van der Waals surface area contributed by atoms with E-state index < -0.39 is 17.9 Å². The van der Waals surface area contributed by atoms with Gasteiger partial charge in [-0.1, -0.05) is 6.07 Å². The van der Waals surface area contributed by atoms with Gasteiger partial charge in [0, 0.05) is 11.3 Å². The molecule has 0 aromatic heterocycles. The molecule has 136 valence electrons. The van der Waals surface area contributed by atoms with Crippen LogP contribution < -0.4 is 15.4 Å². The molecule has 1 aliphatic rings. The maximum absolute atomic E-state index is 12.2. The third-order valence-corrected chi connectivity index (χ3v) is 4.61. The molecule has 0 aliphatic heterocycles. The van der Waals surface area contributed by atoms with E-state index >= 15 is 0 Å². The van der Waals surface area contributed by atoms with Gasteiger partial charge in [-0.05, 0) is 67.6 Å². The van der Waals surface area contributed by atoms with Crippen molar-refractivity contribution >= 4 is 17.5 Å². The molecule has 0 saturated heterocycles. The number of aryl methyl sites for hydroxylation is 2. The second kappa shape index (κ2) is 7.47. The summed E-state index contributed by atoms with van der Waals surface area (Å²) in [7, 11) is 1.52. The lowest BCUT2D eigenvalue weighted by molar-refractivity contribution is -0.136. The number of anilines is 1. The van der Waals surface area contributed by atoms with Gasteiger partial charge in [-0.25, -0.2) is 0 Å². The van der Waals surface area contributed by atoms with Gasteiger partial charge in [0.2, 0.25) is 0 Å². The standard InChI is InChI=1S/C20H22N2O4/c1-12(17-11-16(26-2)8-9-18(17)23)21-19(24)20(25)22-15-7-6-13-4-3-5-14(13)10-15/h6-12,23H,3-5H2,1-2H3,(H,21,24)(H,22,25). The Morgan fingerprint density at radius 2 is 1.85 bits per heavy atom. The summed E-state index contributed by atoms with van der Waals surface area (Å²) < 4.78 is 5.12. The molecule has 2 amide bonds. The molecular weight excluding hydrogens is 332 g/mol. The number of aromatic hydroxyl groups is 1. The molecule has 1 unspecified atom stereocenters. The number of amides is 2. The van der Waals surface area contributed by atoms with Gasteiger partial charge in [0.1, 0.15) is 11.5 Å². The van der Waals surface area contributed by atoms with Crippen LogP contribution in [0.2, 0.25) is 0 Å². The van der Waals surface area contributed by atoms with E-state index in [1.807, 2.05) is 18.2 Å². The summed E-state index contributed by atoms with van der Waals surface area (Å²) in [5.74, 6) is -0.920. The van der Waals surface area contributed by atoms with Crippen molar-refractivity contribution in [1.82, 2.24) is 5.32 Å². The van der Waals surface area contributed by atoms with Gasteiger partial charge in [-0.3, -0.25) is 9.59 Å². The first-order valence-corrected chi connectivity index (χ1v) is 8.58. The summed E-state index contributed by atoms with van der Waals surface area (Å²) in [6.45, 7) is 1.69. The summed E-state index contributed by atoms with van der Waals surface area (Å²) in [6.07, 6.45) is 3.18. The van der Waals surface area contributed by atoms with E-state index in [0.717, 1.165) is 19.3 Å². The Bertz CT molecular complexity index is 848. The lowest BCUT2D eigenvalue weighted by Crippen LogP contribution is -2.36. The van der Waals surface area contributed by atoms with Crippen LogP contribution in [0.4, 0.5) is 5.69 Å². The number of hydrogen-bond donors (Lipinski definition) is 3. The van der Waals surface area contributed by atoms with E-state index in [4.69, 9.17) is 4.74 Å². The van der Waals surface area contributed by atoms with Crippen molar-refractivity contribution in [3.8, 4) is 11.5 Å². The molecule has 0 bridgehead atoms. The molecule has 1 aliphatic carbocycles. The summed E-state index contributed by atoms with van der Waals surface area (Å²) in [6, 6.07) is 9.90. The predicted octanol–water partition coefficient (Wildman–Crippen LogP) is 2.71. The van der Waals surface area contributed by atoms with Crippen LogP contribution >= 0.6 is 0 Å². The summed E-state index contributed by atoms with van der Waals surface area (Å²) in [5, 5.41) is 15.2. The van der Waals surface area contributed by atoms with Gasteiger partial charge in [-0.2, -0.15) is 0 Å². The van der Waals surface area contributed by atoms with Crippen LogP contribution in [0.15, 0.2) is 36.4 Å². The zero-order chi connectivity index (χ0) is 18.7. The van der Waals surface area contributed by atoms with Gasteiger partial charge < -0.3 is 20.5 Å². The van der Waals surface area contributed by atoms with Crippen LogP contribution in [0.25, 0.3) is 0 Å². The molecule has 0 heterocycles. The Balaban J connectivity index is 1.64. The number of carbonyl (C=O) groups is 2. The predicted molar refractivity (Wildman–Crippen MR) is 98.3 cm³/mol. The van der Waals surface area contributed by atoms with Gasteiger partial charge in [0.05, 0.1) is 13.2 Å². The molecule has 3 rings (SSSR count). The van der Waals surface area contributed by atoms with Crippen molar-refractivity contribution in [2.24, 2.45) is 0 Å². The number of benzene rings is 2. The van der Waals surface area contributed by atoms with Gasteiger partial charge in [0.15, 0.2) is 0 Å². The molecule has 26 heavy (non-hydrogen) atoms. The third kappa shape index (κ3) is 3.79. The SMILES string of the molecule is COc1ccc(O)c(C(C)NC(=O)C(=O)Nc2ccc3c(c2)CCC3)c1. The molecule has 0 fully saturated rings. The van der Waals surface area contributed by atoms with Gasteiger partial charge in [0.25, 0.3) is 0 Å². The zero-order valence-corrected chi connectivity index (χ0v) is 14.8. The number of methoxy groups -OCH3 is 1. The quantitative estimate of drug-likeness (QED) is 0.737. The van der Waals surface area contributed by atoms with Crippen molar-refractivity contribution in [3.63, 3.8) is 0 Å². The van der Waals surface area contributed by atoms with Crippen LogP contribution in [-0.4, -0.2) is 24.0 Å². The molecule has 3 N–H and O–H groups in total. The normalized spacial score (nSPS) is 13.6. The topological polar surface area (TPSA) is 87.7 Å². The maximum atomic E-state index is 12.2. The van der Waals surface area contributed by atoms with Crippen LogP contribution in [-0.2, 0) is 22.4 Å². The molecule has 2 aromatic rings. The molecule has 1 atom stereocenters. The maximum Gasteiger partial charge on any atom is 0.313 e. The Kier molecular flexibility index (Phi) is 5.11. The Morgan fingerprint density at radius 1 is 1.08 bits per heavy atom. The fourth-order valence-electron chi connectivity index (χ4n) is 3.18. The van der Waals surface area contributed by atoms with Crippen molar-refractivity contribution < 1.29 is 19.4 Å². The van der Waals surface area contributed by atoms with E-state index in [-0.39, 0.29) is 5.75 Å². The number of phenolic OH excluding ortho intramolecular Hbond substituents is 1. The molecule has 0 radical (unpaired) electrons. The van der Waals surface area contributed by atoms with E-state index in [2.05, 4.69) is 10.6 Å². The molecule has 0 saturated carbocycles.